The third kappa shape index (κ3) is 4.42. The molecule has 3 amide bonds. The Morgan fingerprint density at radius 3 is 2.71 bits per heavy atom. The van der Waals surface area contributed by atoms with Crippen molar-refractivity contribution in [2.45, 2.75) is 31.9 Å². The second kappa shape index (κ2) is 8.96. The second-order valence-electron chi connectivity index (χ2n) is 9.25. The van der Waals surface area contributed by atoms with Gasteiger partial charge in [0.05, 0.1) is 19.0 Å². The van der Waals surface area contributed by atoms with Crippen LogP contribution in [-0.2, 0) is 16.1 Å². The average Bonchev–Trinajstić information content (AvgIpc) is 3.52. The van der Waals surface area contributed by atoms with Crippen LogP contribution < -0.4 is 14.4 Å². The van der Waals surface area contributed by atoms with E-state index in [0.717, 1.165) is 5.56 Å². The van der Waals surface area contributed by atoms with Crippen LogP contribution in [-0.4, -0.2) is 72.4 Å². The topological polar surface area (TPSA) is 92.3 Å². The molecule has 1 saturated carbocycles. The van der Waals surface area contributed by atoms with Gasteiger partial charge in [0, 0.05) is 56.5 Å². The van der Waals surface area contributed by atoms with Crippen molar-refractivity contribution >= 4 is 23.4 Å². The second-order valence-corrected chi connectivity index (χ2v) is 9.25. The first kappa shape index (κ1) is 22.2. The van der Waals surface area contributed by atoms with Crippen molar-refractivity contribution in [1.29, 1.82) is 0 Å². The van der Waals surface area contributed by atoms with Crippen LogP contribution >= 0.6 is 0 Å². The van der Waals surface area contributed by atoms with Gasteiger partial charge in [-0.15, -0.1) is 0 Å². The minimum absolute atomic E-state index is 0.00575. The Hall–Kier alpha value is -3.62. The Bertz CT molecular complexity index is 1130. The zero-order valence-electron chi connectivity index (χ0n) is 19.4. The number of carbonyl (C=O) groups is 3. The molecule has 3 aliphatic rings. The van der Waals surface area contributed by atoms with E-state index >= 15 is 0 Å². The van der Waals surface area contributed by atoms with Gasteiger partial charge in [-0.25, -0.2) is 0 Å². The standard InChI is InChI=1S/C25H28N4O5/c1-27(2)23(30)14-28-13-20-19(24(28)31)4-3-5-21(20)29-9-8-22(25(29)32)34-18-10-17(11-26-12-18)33-15-16-6-7-16/h3-5,10-12,16,22H,6-9,13-15H2,1-2H3/t22-/m1/s1. The number of pyridine rings is 1. The van der Waals surface area contributed by atoms with Crippen molar-refractivity contribution in [3.8, 4) is 11.5 Å². The van der Waals surface area contributed by atoms with Crippen molar-refractivity contribution in [1.82, 2.24) is 14.8 Å². The molecule has 9 heteroatoms. The molecule has 1 atom stereocenters. The van der Waals surface area contributed by atoms with E-state index in [9.17, 15) is 14.4 Å². The summed E-state index contributed by atoms with van der Waals surface area (Å²) in [7, 11) is 3.32. The first-order valence-corrected chi connectivity index (χ1v) is 11.6. The molecule has 0 spiro atoms. The van der Waals surface area contributed by atoms with Crippen molar-refractivity contribution < 1.29 is 23.9 Å². The van der Waals surface area contributed by atoms with Crippen LogP contribution in [0.2, 0.25) is 0 Å². The maximum atomic E-state index is 13.2. The fourth-order valence-electron chi connectivity index (χ4n) is 4.27. The summed E-state index contributed by atoms with van der Waals surface area (Å²) in [6.45, 7) is 1.46. The highest BCUT2D eigenvalue weighted by Gasteiger charge is 2.38. The molecule has 1 aromatic carbocycles. The Labute approximate surface area is 198 Å². The maximum Gasteiger partial charge on any atom is 0.268 e. The number of amides is 3. The number of fused-ring (bicyclic) bond motifs is 1. The first-order valence-electron chi connectivity index (χ1n) is 11.6. The van der Waals surface area contributed by atoms with Gasteiger partial charge in [0.15, 0.2) is 6.10 Å². The molecule has 5 rings (SSSR count). The number of nitrogens with zero attached hydrogens (tertiary/aromatic N) is 4. The van der Waals surface area contributed by atoms with E-state index in [2.05, 4.69) is 4.98 Å². The summed E-state index contributed by atoms with van der Waals surface area (Å²) >= 11 is 0. The number of hydrogen-bond donors (Lipinski definition) is 0. The summed E-state index contributed by atoms with van der Waals surface area (Å²) in [5.41, 5.74) is 2.00. The van der Waals surface area contributed by atoms with Gasteiger partial charge in [0.25, 0.3) is 11.8 Å². The molecule has 2 fully saturated rings. The number of rotatable bonds is 8. The monoisotopic (exact) mass is 464 g/mol. The number of likely N-dealkylation sites (N-methyl/N-ethyl adjacent to an activating group) is 1. The lowest BCUT2D eigenvalue weighted by Crippen LogP contribution is -2.36. The molecule has 0 bridgehead atoms. The molecule has 178 valence electrons. The fraction of sp³-hybridized carbons (Fsp3) is 0.440. The summed E-state index contributed by atoms with van der Waals surface area (Å²) in [4.78, 5) is 47.1. The quantitative estimate of drug-likeness (QED) is 0.594. The van der Waals surface area contributed by atoms with Crippen molar-refractivity contribution in [3.63, 3.8) is 0 Å². The van der Waals surface area contributed by atoms with E-state index in [1.54, 1.807) is 49.6 Å². The average molecular weight is 465 g/mol. The van der Waals surface area contributed by atoms with Gasteiger partial charge in [-0.3, -0.25) is 19.4 Å². The normalized spacial score (nSPS) is 19.4. The van der Waals surface area contributed by atoms with Crippen LogP contribution in [0.3, 0.4) is 0 Å². The van der Waals surface area contributed by atoms with Gasteiger partial charge in [-0.1, -0.05) is 6.07 Å². The highest BCUT2D eigenvalue weighted by Crippen LogP contribution is 2.35. The molecule has 0 unspecified atom stereocenters. The van der Waals surface area contributed by atoms with Gasteiger partial charge in [0.2, 0.25) is 5.91 Å². The van der Waals surface area contributed by atoms with Gasteiger partial charge in [0.1, 0.15) is 18.0 Å². The molecular formula is C25H28N4O5. The lowest BCUT2D eigenvalue weighted by Gasteiger charge is -2.21. The molecule has 3 heterocycles. The Morgan fingerprint density at radius 1 is 1.15 bits per heavy atom. The fourth-order valence-corrected chi connectivity index (χ4v) is 4.27. The number of anilines is 1. The predicted octanol–water partition coefficient (Wildman–Crippen LogP) is 2.10. The van der Waals surface area contributed by atoms with E-state index in [0.29, 0.717) is 54.8 Å². The summed E-state index contributed by atoms with van der Waals surface area (Å²) in [5, 5.41) is 0. The van der Waals surface area contributed by atoms with E-state index in [1.807, 2.05) is 6.07 Å². The van der Waals surface area contributed by atoms with Gasteiger partial charge >= 0.3 is 0 Å². The zero-order chi connectivity index (χ0) is 23.8. The minimum atomic E-state index is -0.639. The van der Waals surface area contributed by atoms with Crippen LogP contribution in [0, 0.1) is 5.92 Å². The van der Waals surface area contributed by atoms with Gasteiger partial charge in [-0.2, -0.15) is 0 Å². The molecule has 2 aliphatic heterocycles. The Kier molecular flexibility index (Phi) is 5.85. The van der Waals surface area contributed by atoms with Crippen LogP contribution in [0.5, 0.6) is 11.5 Å². The van der Waals surface area contributed by atoms with E-state index in [4.69, 9.17) is 9.47 Å². The molecule has 1 aliphatic carbocycles. The van der Waals surface area contributed by atoms with Gasteiger partial charge < -0.3 is 24.2 Å². The molecule has 0 radical (unpaired) electrons. The number of carbonyl (C=O) groups excluding carboxylic acids is 3. The number of benzene rings is 1. The molecule has 34 heavy (non-hydrogen) atoms. The van der Waals surface area contributed by atoms with E-state index in [1.165, 1.54) is 22.6 Å². The van der Waals surface area contributed by atoms with Crippen LogP contribution in [0.15, 0.2) is 36.7 Å². The number of ether oxygens (including phenoxy) is 2. The van der Waals surface area contributed by atoms with Crippen molar-refractivity contribution in [2.24, 2.45) is 5.92 Å². The lowest BCUT2D eigenvalue weighted by atomic mass is 10.1. The third-order valence-electron chi connectivity index (χ3n) is 6.44. The Morgan fingerprint density at radius 2 is 1.94 bits per heavy atom. The highest BCUT2D eigenvalue weighted by molar-refractivity contribution is 6.05. The lowest BCUT2D eigenvalue weighted by molar-refractivity contribution is -0.129. The van der Waals surface area contributed by atoms with Crippen molar-refractivity contribution in [2.75, 3.05) is 38.7 Å². The number of hydrogen-bond acceptors (Lipinski definition) is 6. The predicted molar refractivity (Wildman–Crippen MR) is 124 cm³/mol. The molecule has 2 aromatic rings. The number of aromatic nitrogens is 1. The molecule has 9 nitrogen and oxygen atoms in total. The summed E-state index contributed by atoms with van der Waals surface area (Å²) in [6, 6.07) is 7.13. The van der Waals surface area contributed by atoms with Crippen LogP contribution in [0.25, 0.3) is 0 Å². The highest BCUT2D eigenvalue weighted by atomic mass is 16.5. The molecule has 1 saturated heterocycles. The molecule has 0 N–H and O–H groups in total. The van der Waals surface area contributed by atoms with Crippen LogP contribution in [0.4, 0.5) is 5.69 Å². The zero-order valence-corrected chi connectivity index (χ0v) is 19.4. The Balaban J connectivity index is 1.28. The van der Waals surface area contributed by atoms with E-state index < -0.39 is 6.10 Å². The third-order valence-corrected chi connectivity index (χ3v) is 6.44. The first-order chi connectivity index (χ1) is 16.4. The summed E-state index contributed by atoms with van der Waals surface area (Å²) < 4.78 is 11.7. The maximum absolute atomic E-state index is 13.2. The smallest absolute Gasteiger partial charge is 0.268 e. The molecular weight excluding hydrogens is 436 g/mol. The minimum Gasteiger partial charge on any atom is -0.492 e. The largest absolute Gasteiger partial charge is 0.492 e. The van der Waals surface area contributed by atoms with E-state index in [-0.39, 0.29) is 24.3 Å². The summed E-state index contributed by atoms with van der Waals surface area (Å²) in [6.07, 6.45) is 5.52. The molecule has 1 aromatic heterocycles. The SMILES string of the molecule is CN(C)C(=O)CN1Cc2c(cccc2N2CC[C@@H](Oc3cncc(OCC4CC4)c3)C2=O)C1=O. The van der Waals surface area contributed by atoms with Gasteiger partial charge in [-0.05, 0) is 30.9 Å². The van der Waals surface area contributed by atoms with Crippen LogP contribution in [0.1, 0.15) is 35.2 Å². The summed E-state index contributed by atoms with van der Waals surface area (Å²) in [5.74, 6) is 1.26. The van der Waals surface area contributed by atoms with Crippen molar-refractivity contribution in [3.05, 3.63) is 47.8 Å².